The van der Waals surface area contributed by atoms with Gasteiger partial charge in [0.1, 0.15) is 35.6 Å². The van der Waals surface area contributed by atoms with E-state index in [-0.39, 0.29) is 18.3 Å². The Morgan fingerprint density at radius 2 is 0.722 bits per heavy atom. The molecule has 10 rings (SSSR count). The maximum Gasteiger partial charge on any atom is 0.161 e. The van der Waals surface area contributed by atoms with Crippen LogP contribution in [0.25, 0.3) is 99.4 Å². The highest BCUT2D eigenvalue weighted by atomic mass is 16.5. The fraction of sp³-hybridized carbons (Fsp3) is 0.365. The highest BCUT2D eigenvalue weighted by Gasteiger charge is 2.29. The number of benzene rings is 5. The van der Waals surface area contributed by atoms with E-state index in [1.165, 1.54) is 0 Å². The summed E-state index contributed by atoms with van der Waals surface area (Å²) in [5, 5.41) is 6.05. The van der Waals surface area contributed by atoms with Crippen molar-refractivity contribution in [2.24, 2.45) is 35.5 Å². The Kier molecular flexibility index (Phi) is 13.0. The van der Waals surface area contributed by atoms with Crippen LogP contribution < -0.4 is 23.7 Å². The SMILES string of the molecule is COc1cc2cc3c(cc2cc1OC)-c1cc2[nH]c(cc4nc(cc5[nH]c(cc-3n1)c1cccc(OC(C(C)C)C(C)C)c51)-c1cccc(OC(C(C)C)C(C)C)c1-4)c1cccc(OC(C(C)C)C(C)C)c21. The minimum Gasteiger partial charge on any atom is -0.493 e. The van der Waals surface area contributed by atoms with E-state index in [4.69, 9.17) is 33.7 Å². The molecule has 5 heterocycles. The molecule has 0 radical (unpaired) electrons. The molecule has 372 valence electrons. The number of nitrogens with zero attached hydrogens (tertiary/aromatic N) is 2. The summed E-state index contributed by atoms with van der Waals surface area (Å²) in [5.41, 5.74) is 10.9. The van der Waals surface area contributed by atoms with Gasteiger partial charge in [0.25, 0.3) is 0 Å². The maximum atomic E-state index is 7.09. The predicted molar refractivity (Wildman–Crippen MR) is 298 cm³/mol. The minimum atomic E-state index is -0.00831. The Hall–Kier alpha value is -7.00. The van der Waals surface area contributed by atoms with E-state index >= 15 is 0 Å². The Morgan fingerprint density at radius 3 is 1.15 bits per heavy atom. The highest BCUT2D eigenvalue weighted by molar-refractivity contribution is 6.14. The monoisotopic (exact) mass is 963 g/mol. The molecule has 5 aromatic carbocycles. The summed E-state index contributed by atoms with van der Waals surface area (Å²) in [6.45, 7) is 26.8. The van der Waals surface area contributed by atoms with Crippen LogP contribution in [0.4, 0.5) is 0 Å². The lowest BCUT2D eigenvalue weighted by molar-refractivity contribution is 0.106. The van der Waals surface area contributed by atoms with Gasteiger partial charge in [-0.1, -0.05) is 119 Å². The molecule has 3 aromatic heterocycles. The average molecular weight is 963 g/mol. The van der Waals surface area contributed by atoms with Gasteiger partial charge in [0.2, 0.25) is 0 Å². The maximum absolute atomic E-state index is 7.09. The van der Waals surface area contributed by atoms with Crippen LogP contribution in [0, 0.1) is 35.5 Å². The van der Waals surface area contributed by atoms with Crippen LogP contribution >= 0.6 is 0 Å². The molecule has 0 atom stereocenters. The van der Waals surface area contributed by atoms with Gasteiger partial charge in [0.05, 0.1) is 53.6 Å². The van der Waals surface area contributed by atoms with Crippen molar-refractivity contribution in [2.45, 2.75) is 101 Å². The van der Waals surface area contributed by atoms with Crippen molar-refractivity contribution in [3.63, 3.8) is 0 Å². The van der Waals surface area contributed by atoms with Gasteiger partial charge in [-0.15, -0.1) is 0 Å². The third-order valence-electron chi connectivity index (χ3n) is 14.6. The van der Waals surface area contributed by atoms with E-state index in [9.17, 15) is 0 Å². The number of ether oxygens (including phenoxy) is 5. The molecule has 72 heavy (non-hydrogen) atoms. The van der Waals surface area contributed by atoms with Crippen LogP contribution in [0.1, 0.15) is 83.1 Å². The topological polar surface area (TPSA) is 104 Å². The van der Waals surface area contributed by atoms with Gasteiger partial charge in [-0.25, -0.2) is 9.97 Å². The summed E-state index contributed by atoms with van der Waals surface area (Å²) < 4.78 is 32.9. The first-order valence-electron chi connectivity index (χ1n) is 26.0. The van der Waals surface area contributed by atoms with Gasteiger partial charge < -0.3 is 33.7 Å². The summed E-state index contributed by atoms with van der Waals surface area (Å²) in [7, 11) is 3.35. The molecule has 0 spiro atoms. The van der Waals surface area contributed by atoms with Crippen LogP contribution in [0.5, 0.6) is 28.7 Å². The summed E-state index contributed by atoms with van der Waals surface area (Å²) in [5.74, 6) is 5.56. The minimum absolute atomic E-state index is 0.00316. The van der Waals surface area contributed by atoms with Crippen LogP contribution in [0.3, 0.4) is 0 Å². The lowest BCUT2D eigenvalue weighted by atomic mass is 9.95. The van der Waals surface area contributed by atoms with Crippen LogP contribution in [-0.4, -0.2) is 52.5 Å². The Balaban J connectivity index is 1.37. The molecular formula is C63H70N4O5. The molecule has 2 aliphatic rings. The van der Waals surface area contributed by atoms with Crippen molar-refractivity contribution in [1.82, 2.24) is 19.9 Å². The number of nitrogens with one attached hydrogen (secondary N) is 2. The Bertz CT molecular complexity index is 3520. The zero-order chi connectivity index (χ0) is 50.9. The van der Waals surface area contributed by atoms with Crippen molar-refractivity contribution in [1.29, 1.82) is 0 Å². The van der Waals surface area contributed by atoms with E-state index in [2.05, 4.69) is 184 Å². The molecule has 2 aliphatic heterocycles. The Labute approximate surface area is 424 Å². The van der Waals surface area contributed by atoms with Gasteiger partial charge >= 0.3 is 0 Å². The number of hydrogen-bond acceptors (Lipinski definition) is 7. The van der Waals surface area contributed by atoms with Crippen LogP contribution in [0.2, 0.25) is 0 Å². The normalized spacial score (nSPS) is 12.6. The molecule has 9 nitrogen and oxygen atoms in total. The fourth-order valence-electron chi connectivity index (χ4n) is 11.5. The van der Waals surface area contributed by atoms with Gasteiger partial charge in [0.15, 0.2) is 11.5 Å². The number of methoxy groups -OCH3 is 2. The molecule has 0 unspecified atom stereocenters. The smallest absolute Gasteiger partial charge is 0.161 e. The van der Waals surface area contributed by atoms with Gasteiger partial charge in [-0.3, -0.25) is 0 Å². The van der Waals surface area contributed by atoms with Crippen molar-refractivity contribution >= 4 is 54.4 Å². The molecule has 2 N–H and O–H groups in total. The molecular weight excluding hydrogens is 893 g/mol. The standard InChI is InChI=1S/C63H70N4O5/c1-32(2)61(33(3)4)70-53-21-15-18-40-45-28-48-43-24-38-26-56(68-13)57(69-14)27-39(38)25-44(43)49(64-48)31-52-60-42(20-17-23-55(60)72-63(36(9)10)37(11)12)47(67-52)30-51-59-41(46(66-51)29-50(65-45)58(40)53)19-16-22-54(59)71-62(34(5)6)35(7)8/h15-37,61-63,65,67H,1-14H3. The second-order valence-corrected chi connectivity index (χ2v) is 21.9. The molecule has 8 aromatic rings. The van der Waals surface area contributed by atoms with E-state index in [0.29, 0.717) is 47.0 Å². The lowest BCUT2D eigenvalue weighted by Crippen LogP contribution is -2.29. The zero-order valence-electron chi connectivity index (χ0n) is 44.4. The molecule has 0 fully saturated rings. The number of aromatic nitrogens is 4. The number of rotatable bonds is 14. The summed E-state index contributed by atoms with van der Waals surface area (Å²) in [6.07, 6.45) is -0.0195. The fourth-order valence-corrected chi connectivity index (χ4v) is 11.5. The zero-order valence-corrected chi connectivity index (χ0v) is 44.4. The first kappa shape index (κ1) is 48.6. The predicted octanol–water partition coefficient (Wildman–Crippen LogP) is 16.6. The molecule has 0 saturated heterocycles. The van der Waals surface area contributed by atoms with Crippen LogP contribution in [0.15, 0.2) is 103 Å². The van der Waals surface area contributed by atoms with Crippen molar-refractivity contribution in [2.75, 3.05) is 14.2 Å². The largest absolute Gasteiger partial charge is 0.493 e. The number of aromatic amines is 2. The van der Waals surface area contributed by atoms with E-state index < -0.39 is 0 Å². The third-order valence-corrected chi connectivity index (χ3v) is 14.6. The van der Waals surface area contributed by atoms with E-state index in [0.717, 1.165) is 117 Å². The molecule has 9 heteroatoms. The molecule has 8 bridgehead atoms. The second-order valence-electron chi connectivity index (χ2n) is 21.9. The summed E-state index contributed by atoms with van der Waals surface area (Å²) in [6, 6.07) is 36.4. The molecule has 0 aliphatic carbocycles. The highest BCUT2D eigenvalue weighted by Crippen LogP contribution is 2.47. The number of fused-ring (bicyclic) bond motifs is 21. The summed E-state index contributed by atoms with van der Waals surface area (Å²) in [4.78, 5) is 19.0. The van der Waals surface area contributed by atoms with Crippen molar-refractivity contribution < 1.29 is 23.7 Å². The first-order valence-corrected chi connectivity index (χ1v) is 26.0. The van der Waals surface area contributed by atoms with Crippen molar-refractivity contribution in [3.8, 4) is 73.8 Å². The number of H-pyrrole nitrogens is 2. The lowest BCUT2D eigenvalue weighted by Gasteiger charge is -2.27. The second kappa shape index (κ2) is 19.2. The average Bonchev–Trinajstić information content (AvgIpc) is 4.08. The first-order chi connectivity index (χ1) is 34.5. The van der Waals surface area contributed by atoms with Gasteiger partial charge in [-0.05, 0) is 113 Å². The third kappa shape index (κ3) is 8.68. The van der Waals surface area contributed by atoms with E-state index in [1.54, 1.807) is 14.2 Å². The molecule has 0 saturated carbocycles. The van der Waals surface area contributed by atoms with Crippen molar-refractivity contribution in [3.05, 3.63) is 103 Å². The van der Waals surface area contributed by atoms with Gasteiger partial charge in [0, 0.05) is 49.3 Å². The quantitative estimate of drug-likeness (QED) is 0.112. The Morgan fingerprint density at radius 1 is 0.361 bits per heavy atom. The van der Waals surface area contributed by atoms with Gasteiger partial charge in [-0.2, -0.15) is 0 Å². The van der Waals surface area contributed by atoms with E-state index in [1.807, 2.05) is 12.1 Å². The molecule has 0 amide bonds. The number of hydrogen-bond donors (Lipinski definition) is 2. The van der Waals surface area contributed by atoms with Crippen LogP contribution in [-0.2, 0) is 0 Å². The summed E-state index contributed by atoms with van der Waals surface area (Å²) >= 11 is 0.